The van der Waals surface area contributed by atoms with Crippen molar-refractivity contribution < 1.29 is 38.4 Å². The summed E-state index contributed by atoms with van der Waals surface area (Å²) < 4.78 is 36.5. The van der Waals surface area contributed by atoms with Crippen LogP contribution in [0.3, 0.4) is 0 Å². The first kappa shape index (κ1) is 23.6. The summed E-state index contributed by atoms with van der Waals surface area (Å²) in [6.07, 6.45) is -1.60. The number of halogens is 2. The number of aliphatic hydroxyl groups is 2. The molecule has 4 rings (SSSR count). The molecular weight excluding hydrogens is 474 g/mol. The Morgan fingerprint density at radius 1 is 1.31 bits per heavy atom. The van der Waals surface area contributed by atoms with E-state index in [1.165, 1.54) is 0 Å². The molecule has 0 radical (unpaired) electrons. The largest absolute Gasteiger partial charge is 0.389 e. The second-order valence-electron chi connectivity index (χ2n) is 7.94. The Balaban J connectivity index is 1.56. The number of ether oxygens (including phenoxy) is 2. The van der Waals surface area contributed by atoms with E-state index in [-0.39, 0.29) is 22.5 Å². The molecule has 0 bridgehead atoms. The molecule has 5 atom stereocenters. The van der Waals surface area contributed by atoms with Crippen LogP contribution in [0.2, 0.25) is 5.28 Å². The number of alkyl halides is 1. The summed E-state index contributed by atoms with van der Waals surface area (Å²) in [5, 5.41) is 31.9. The van der Waals surface area contributed by atoms with Crippen LogP contribution in [0.1, 0.15) is 38.8 Å². The first-order valence-electron chi connectivity index (χ1n) is 9.93. The van der Waals surface area contributed by atoms with Gasteiger partial charge in [-0.1, -0.05) is 18.1 Å². The van der Waals surface area contributed by atoms with Crippen LogP contribution in [0.5, 0.6) is 0 Å². The van der Waals surface area contributed by atoms with Crippen molar-refractivity contribution in [3.8, 4) is 0 Å². The fraction of sp³-hybridized carbons (Fsp3) is 0.750. The molecule has 0 amide bonds. The first-order chi connectivity index (χ1) is 15.0. The van der Waals surface area contributed by atoms with Crippen LogP contribution in [0.4, 0.5) is 10.2 Å². The Bertz CT molecular complexity index is 1030. The molecule has 2 aromatic heterocycles. The molecule has 13 nitrogen and oxygen atoms in total. The Labute approximate surface area is 186 Å². The fourth-order valence-electron chi connectivity index (χ4n) is 3.73. The van der Waals surface area contributed by atoms with E-state index in [4.69, 9.17) is 26.1 Å². The quantitative estimate of drug-likeness (QED) is 0.267. The predicted molar refractivity (Wildman–Crippen MR) is 107 cm³/mol. The maximum absolute atomic E-state index is 14.1. The molecular formula is C16H23ClFN6O7P. The standard InChI is InChI=1S/C16H23ClFN6O7P/c1-16(18,32(27,28)29)30-6-8-10(25)11(26)14(31-8)24-13-9(22-23-24)12(20-15(17)21-13)19-7-4-2-3-5-7/h7-8,10-11,14,25-26H,2-6H2,1H3,(H,19,20,21)(H2,27,28,29)/t8-,10-,11-,14-,16?/m1/s1. The van der Waals surface area contributed by atoms with Gasteiger partial charge in [-0.3, -0.25) is 4.57 Å². The summed E-state index contributed by atoms with van der Waals surface area (Å²) in [6, 6.07) is 0.204. The number of rotatable bonds is 7. The lowest BCUT2D eigenvalue weighted by atomic mass is 10.1. The van der Waals surface area contributed by atoms with Gasteiger partial charge in [-0.25, -0.2) is 0 Å². The van der Waals surface area contributed by atoms with Gasteiger partial charge in [0.2, 0.25) is 5.28 Å². The third-order valence-electron chi connectivity index (χ3n) is 5.60. The van der Waals surface area contributed by atoms with Crippen LogP contribution in [-0.4, -0.2) is 81.5 Å². The highest BCUT2D eigenvalue weighted by atomic mass is 35.5. The van der Waals surface area contributed by atoms with Crippen LogP contribution in [0.25, 0.3) is 11.2 Å². The van der Waals surface area contributed by atoms with E-state index < -0.39 is 44.3 Å². The molecule has 0 spiro atoms. The number of aliphatic hydroxyl groups excluding tert-OH is 2. The van der Waals surface area contributed by atoms with Crippen molar-refractivity contribution in [3.05, 3.63) is 5.28 Å². The number of hydrogen-bond donors (Lipinski definition) is 5. The average molecular weight is 497 g/mol. The van der Waals surface area contributed by atoms with Gasteiger partial charge in [0.25, 0.3) is 0 Å². The molecule has 0 aromatic carbocycles. The van der Waals surface area contributed by atoms with Crippen molar-refractivity contribution in [2.24, 2.45) is 0 Å². The van der Waals surface area contributed by atoms with Gasteiger partial charge < -0.3 is 34.8 Å². The minimum atomic E-state index is -5.24. The van der Waals surface area contributed by atoms with Crippen molar-refractivity contribution in [2.75, 3.05) is 11.9 Å². The molecule has 1 saturated heterocycles. The molecule has 1 aliphatic carbocycles. The summed E-state index contributed by atoms with van der Waals surface area (Å²) >= 11 is 6.06. The minimum Gasteiger partial charge on any atom is -0.387 e. The van der Waals surface area contributed by atoms with E-state index in [0.29, 0.717) is 12.7 Å². The van der Waals surface area contributed by atoms with E-state index in [9.17, 15) is 19.2 Å². The highest BCUT2D eigenvalue weighted by molar-refractivity contribution is 7.53. The lowest BCUT2D eigenvalue weighted by molar-refractivity contribution is -0.134. The van der Waals surface area contributed by atoms with Crippen LogP contribution < -0.4 is 5.32 Å². The highest BCUT2D eigenvalue weighted by Gasteiger charge is 2.49. The third kappa shape index (κ3) is 4.46. The zero-order chi connectivity index (χ0) is 23.3. The number of aromatic nitrogens is 5. The zero-order valence-electron chi connectivity index (χ0n) is 16.9. The Kier molecular flexibility index (Phi) is 6.42. The summed E-state index contributed by atoms with van der Waals surface area (Å²) in [5.74, 6) is 0.376. The monoisotopic (exact) mass is 496 g/mol. The van der Waals surface area contributed by atoms with Crippen LogP contribution in [0.15, 0.2) is 0 Å². The maximum atomic E-state index is 14.1. The smallest absolute Gasteiger partial charge is 0.387 e. The number of hydrogen-bond acceptors (Lipinski definition) is 10. The summed E-state index contributed by atoms with van der Waals surface area (Å²) in [5.41, 5.74) is -2.88. The van der Waals surface area contributed by atoms with Crippen molar-refractivity contribution in [1.29, 1.82) is 0 Å². The van der Waals surface area contributed by atoms with E-state index in [1.807, 2.05) is 0 Å². The number of fused-ring (bicyclic) bond motifs is 1. The third-order valence-corrected chi connectivity index (χ3v) is 6.94. The van der Waals surface area contributed by atoms with Crippen LogP contribution >= 0.6 is 19.2 Å². The summed E-state index contributed by atoms with van der Waals surface area (Å²) in [4.78, 5) is 26.3. The second kappa shape index (κ2) is 8.69. The van der Waals surface area contributed by atoms with Crippen LogP contribution in [0, 0.1) is 0 Å². The molecule has 2 aromatic rings. The van der Waals surface area contributed by atoms with Crippen molar-refractivity contribution in [3.63, 3.8) is 0 Å². The number of nitrogens with zero attached hydrogens (tertiary/aromatic N) is 5. The van der Waals surface area contributed by atoms with Gasteiger partial charge >= 0.3 is 13.2 Å². The van der Waals surface area contributed by atoms with E-state index in [1.54, 1.807) is 0 Å². The predicted octanol–water partition coefficient (Wildman–Crippen LogP) is 0.686. The Morgan fingerprint density at radius 3 is 2.66 bits per heavy atom. The topological polar surface area (TPSA) is 185 Å². The van der Waals surface area contributed by atoms with Crippen molar-refractivity contribution >= 4 is 36.2 Å². The van der Waals surface area contributed by atoms with Gasteiger partial charge in [0, 0.05) is 13.0 Å². The first-order valence-corrected chi connectivity index (χ1v) is 11.9. The lowest BCUT2D eigenvalue weighted by Crippen LogP contribution is -2.36. The molecule has 32 heavy (non-hydrogen) atoms. The lowest BCUT2D eigenvalue weighted by Gasteiger charge is -2.24. The molecule has 1 unspecified atom stereocenters. The Hall–Kier alpha value is -1.51. The van der Waals surface area contributed by atoms with Crippen molar-refractivity contribution in [1.82, 2.24) is 25.0 Å². The van der Waals surface area contributed by atoms with Gasteiger partial charge in [-0.2, -0.15) is 19.0 Å². The molecule has 178 valence electrons. The fourth-order valence-corrected chi connectivity index (χ4v) is 4.13. The van der Waals surface area contributed by atoms with Crippen LogP contribution in [-0.2, 0) is 14.0 Å². The molecule has 16 heteroatoms. The maximum Gasteiger partial charge on any atom is 0.389 e. The van der Waals surface area contributed by atoms with Crippen molar-refractivity contribution in [2.45, 2.75) is 68.8 Å². The molecule has 5 N–H and O–H groups in total. The summed E-state index contributed by atoms with van der Waals surface area (Å²) in [7, 11) is -5.24. The van der Waals surface area contributed by atoms with Gasteiger partial charge in [0.05, 0.1) is 6.61 Å². The zero-order valence-corrected chi connectivity index (χ0v) is 18.5. The molecule has 2 aliphatic rings. The van der Waals surface area contributed by atoms with Gasteiger partial charge in [0.1, 0.15) is 18.3 Å². The summed E-state index contributed by atoms with van der Waals surface area (Å²) in [6.45, 7) is -0.185. The average Bonchev–Trinajstić information content (AvgIpc) is 3.41. The highest BCUT2D eigenvalue weighted by Crippen LogP contribution is 2.52. The normalized spacial score (nSPS) is 29.0. The Morgan fingerprint density at radius 2 is 2.00 bits per heavy atom. The van der Waals surface area contributed by atoms with E-state index in [0.717, 1.165) is 30.4 Å². The SMILES string of the molecule is CC(F)(OC[C@H]1O[C@@H](n2nnc3c(NC4CCCC4)nc(Cl)nc32)[C@H](O)[C@@H]1O)P(=O)(O)O. The second-order valence-corrected chi connectivity index (χ2v) is 10.2. The van der Waals surface area contributed by atoms with Gasteiger partial charge in [-0.15, -0.1) is 5.10 Å². The molecule has 3 heterocycles. The van der Waals surface area contributed by atoms with Gasteiger partial charge in [-0.05, 0) is 24.4 Å². The van der Waals surface area contributed by atoms with E-state index in [2.05, 4.69) is 30.3 Å². The molecule has 2 fully saturated rings. The number of nitrogens with one attached hydrogen (secondary N) is 1. The molecule has 1 saturated carbocycles. The minimum absolute atomic E-state index is 0.0932. The number of anilines is 1. The molecule has 1 aliphatic heterocycles. The van der Waals surface area contributed by atoms with E-state index >= 15 is 0 Å². The van der Waals surface area contributed by atoms with Gasteiger partial charge in [0.15, 0.2) is 23.2 Å².